The molecule has 1 atom stereocenters. The number of hydrogen-bond acceptors (Lipinski definition) is 3. The Balaban J connectivity index is 2.01. The SMILES string of the molecule is CC1(C(=O)c2cc3ccccc3o2)CCNC1. The van der Waals surface area contributed by atoms with Crippen LogP contribution in [0.5, 0.6) is 0 Å². The van der Waals surface area contributed by atoms with E-state index >= 15 is 0 Å². The van der Waals surface area contributed by atoms with Gasteiger partial charge in [0.05, 0.1) is 0 Å². The summed E-state index contributed by atoms with van der Waals surface area (Å²) in [6, 6.07) is 9.57. The highest BCUT2D eigenvalue weighted by atomic mass is 16.3. The third-order valence-electron chi connectivity index (χ3n) is 3.57. The van der Waals surface area contributed by atoms with E-state index in [-0.39, 0.29) is 11.2 Å². The minimum absolute atomic E-state index is 0.110. The second-order valence-corrected chi connectivity index (χ2v) is 4.97. The van der Waals surface area contributed by atoms with E-state index in [1.165, 1.54) is 0 Å². The summed E-state index contributed by atoms with van der Waals surface area (Å²) in [5.74, 6) is 0.594. The average Bonchev–Trinajstić information content (AvgIpc) is 2.94. The fourth-order valence-electron chi connectivity index (χ4n) is 2.40. The molecule has 1 aromatic heterocycles. The van der Waals surface area contributed by atoms with Crippen LogP contribution in [-0.2, 0) is 0 Å². The largest absolute Gasteiger partial charge is 0.453 e. The lowest BCUT2D eigenvalue weighted by Crippen LogP contribution is -2.29. The van der Waals surface area contributed by atoms with Gasteiger partial charge in [0.15, 0.2) is 5.76 Å². The Hall–Kier alpha value is -1.61. The van der Waals surface area contributed by atoms with Crippen LogP contribution in [0.15, 0.2) is 34.7 Å². The number of carbonyl (C=O) groups is 1. The Kier molecular flexibility index (Phi) is 2.30. The minimum Gasteiger partial charge on any atom is -0.453 e. The number of benzene rings is 1. The summed E-state index contributed by atoms with van der Waals surface area (Å²) in [4.78, 5) is 12.4. The molecule has 3 heteroatoms. The Labute approximate surface area is 99.8 Å². The molecule has 1 unspecified atom stereocenters. The first-order chi connectivity index (χ1) is 8.19. The predicted molar refractivity (Wildman–Crippen MR) is 66.1 cm³/mol. The molecule has 2 heterocycles. The van der Waals surface area contributed by atoms with Gasteiger partial charge in [-0.2, -0.15) is 0 Å². The number of hydrogen-bond donors (Lipinski definition) is 1. The van der Waals surface area contributed by atoms with Crippen LogP contribution in [0.3, 0.4) is 0 Å². The van der Waals surface area contributed by atoms with Gasteiger partial charge < -0.3 is 9.73 Å². The third-order valence-corrected chi connectivity index (χ3v) is 3.57. The second-order valence-electron chi connectivity index (χ2n) is 4.97. The number of ketones is 1. The highest BCUT2D eigenvalue weighted by Crippen LogP contribution is 2.31. The lowest BCUT2D eigenvalue weighted by atomic mass is 9.84. The topological polar surface area (TPSA) is 42.2 Å². The molecule has 1 aromatic carbocycles. The molecule has 1 fully saturated rings. The highest BCUT2D eigenvalue weighted by Gasteiger charge is 2.38. The molecule has 1 saturated heterocycles. The maximum Gasteiger partial charge on any atom is 0.205 e. The lowest BCUT2D eigenvalue weighted by Gasteiger charge is -2.18. The Morgan fingerprint density at radius 1 is 1.41 bits per heavy atom. The van der Waals surface area contributed by atoms with Crippen LogP contribution in [0.2, 0.25) is 0 Å². The van der Waals surface area contributed by atoms with Gasteiger partial charge in [-0.05, 0) is 25.1 Å². The number of nitrogens with one attached hydrogen (secondary N) is 1. The van der Waals surface area contributed by atoms with E-state index in [1.54, 1.807) is 0 Å². The molecule has 17 heavy (non-hydrogen) atoms. The summed E-state index contributed by atoms with van der Waals surface area (Å²) in [6.07, 6.45) is 0.878. The Bertz CT molecular complexity index is 531. The summed E-state index contributed by atoms with van der Waals surface area (Å²) < 4.78 is 5.63. The number of carbonyl (C=O) groups excluding carboxylic acids is 1. The average molecular weight is 229 g/mol. The summed E-state index contributed by atoms with van der Waals surface area (Å²) in [6.45, 7) is 3.65. The minimum atomic E-state index is -0.312. The zero-order valence-corrected chi connectivity index (χ0v) is 9.82. The zero-order valence-electron chi connectivity index (χ0n) is 9.82. The molecule has 1 aliphatic rings. The van der Waals surface area contributed by atoms with E-state index in [0.29, 0.717) is 5.76 Å². The summed E-state index contributed by atoms with van der Waals surface area (Å²) in [7, 11) is 0. The van der Waals surface area contributed by atoms with E-state index in [4.69, 9.17) is 4.42 Å². The van der Waals surface area contributed by atoms with E-state index < -0.39 is 0 Å². The van der Waals surface area contributed by atoms with Gasteiger partial charge in [-0.3, -0.25) is 4.79 Å². The molecule has 0 radical (unpaired) electrons. The fraction of sp³-hybridized carbons (Fsp3) is 0.357. The van der Waals surface area contributed by atoms with Crippen molar-refractivity contribution in [3.8, 4) is 0 Å². The molecule has 3 nitrogen and oxygen atoms in total. The van der Waals surface area contributed by atoms with Gasteiger partial charge in [0.2, 0.25) is 5.78 Å². The van der Waals surface area contributed by atoms with Gasteiger partial charge in [0, 0.05) is 17.3 Å². The van der Waals surface area contributed by atoms with Gasteiger partial charge in [0.25, 0.3) is 0 Å². The Morgan fingerprint density at radius 3 is 2.94 bits per heavy atom. The normalized spacial score (nSPS) is 24.3. The monoisotopic (exact) mass is 229 g/mol. The van der Waals surface area contributed by atoms with Crippen LogP contribution < -0.4 is 5.32 Å². The molecule has 1 N–H and O–H groups in total. The van der Waals surface area contributed by atoms with Gasteiger partial charge in [-0.15, -0.1) is 0 Å². The summed E-state index contributed by atoms with van der Waals surface area (Å²) >= 11 is 0. The molecular weight excluding hydrogens is 214 g/mol. The Morgan fingerprint density at radius 2 is 2.24 bits per heavy atom. The maximum absolute atomic E-state index is 12.4. The van der Waals surface area contributed by atoms with Crippen LogP contribution in [0, 0.1) is 5.41 Å². The van der Waals surface area contributed by atoms with Crippen LogP contribution in [0.4, 0.5) is 0 Å². The molecule has 0 saturated carbocycles. The molecule has 0 aliphatic carbocycles. The van der Waals surface area contributed by atoms with E-state index in [2.05, 4.69) is 5.32 Å². The van der Waals surface area contributed by atoms with Gasteiger partial charge in [0.1, 0.15) is 5.58 Å². The third kappa shape index (κ3) is 1.67. The molecular formula is C14H15NO2. The van der Waals surface area contributed by atoms with Crippen molar-refractivity contribution >= 4 is 16.8 Å². The van der Waals surface area contributed by atoms with Crippen molar-refractivity contribution in [2.24, 2.45) is 5.41 Å². The van der Waals surface area contributed by atoms with Crippen LogP contribution in [0.1, 0.15) is 23.9 Å². The number of Topliss-reactive ketones (excluding diaryl/α,β-unsaturated/α-hetero) is 1. The second kappa shape index (κ2) is 3.70. The zero-order chi connectivity index (χ0) is 11.9. The van der Waals surface area contributed by atoms with Crippen molar-refractivity contribution in [3.05, 3.63) is 36.1 Å². The first-order valence-electron chi connectivity index (χ1n) is 5.93. The fourth-order valence-corrected chi connectivity index (χ4v) is 2.40. The van der Waals surface area contributed by atoms with Crippen molar-refractivity contribution in [2.75, 3.05) is 13.1 Å². The molecule has 3 rings (SSSR count). The van der Waals surface area contributed by atoms with Crippen molar-refractivity contribution in [3.63, 3.8) is 0 Å². The first-order valence-corrected chi connectivity index (χ1v) is 5.93. The molecule has 0 bridgehead atoms. The van der Waals surface area contributed by atoms with Gasteiger partial charge in [-0.1, -0.05) is 25.1 Å². The van der Waals surface area contributed by atoms with Crippen LogP contribution in [0.25, 0.3) is 11.0 Å². The highest BCUT2D eigenvalue weighted by molar-refractivity contribution is 6.01. The van der Waals surface area contributed by atoms with E-state index in [9.17, 15) is 4.79 Å². The van der Waals surface area contributed by atoms with Crippen molar-refractivity contribution in [1.82, 2.24) is 5.32 Å². The number of fused-ring (bicyclic) bond motifs is 1. The van der Waals surface area contributed by atoms with Crippen molar-refractivity contribution in [1.29, 1.82) is 0 Å². The molecule has 1 aliphatic heterocycles. The predicted octanol–water partition coefficient (Wildman–Crippen LogP) is 2.62. The molecule has 0 amide bonds. The van der Waals surface area contributed by atoms with Crippen LogP contribution in [-0.4, -0.2) is 18.9 Å². The quantitative estimate of drug-likeness (QED) is 0.805. The lowest BCUT2D eigenvalue weighted by molar-refractivity contribution is 0.0811. The number of para-hydroxylation sites is 1. The van der Waals surface area contributed by atoms with E-state index in [0.717, 1.165) is 30.5 Å². The smallest absolute Gasteiger partial charge is 0.205 e. The maximum atomic E-state index is 12.4. The van der Waals surface area contributed by atoms with E-state index in [1.807, 2.05) is 37.3 Å². The standard InChI is InChI=1S/C14H15NO2/c1-14(6-7-15-9-14)13(16)12-8-10-4-2-3-5-11(10)17-12/h2-5,8,15H,6-7,9H2,1H3. The van der Waals surface area contributed by atoms with Crippen LogP contribution >= 0.6 is 0 Å². The van der Waals surface area contributed by atoms with Crippen molar-refractivity contribution in [2.45, 2.75) is 13.3 Å². The molecule has 88 valence electrons. The summed E-state index contributed by atoms with van der Waals surface area (Å²) in [5, 5.41) is 4.23. The molecule has 0 spiro atoms. The summed E-state index contributed by atoms with van der Waals surface area (Å²) in [5.41, 5.74) is 0.471. The first kappa shape index (κ1) is 10.5. The van der Waals surface area contributed by atoms with Crippen molar-refractivity contribution < 1.29 is 9.21 Å². The van der Waals surface area contributed by atoms with Gasteiger partial charge >= 0.3 is 0 Å². The number of furan rings is 1. The molecule has 2 aromatic rings. The van der Waals surface area contributed by atoms with Gasteiger partial charge in [-0.25, -0.2) is 0 Å². The number of rotatable bonds is 2.